The van der Waals surface area contributed by atoms with Crippen molar-refractivity contribution in [1.82, 2.24) is 0 Å². The fourth-order valence-corrected chi connectivity index (χ4v) is 1.95. The molecule has 0 aromatic heterocycles. The molecule has 6 heteroatoms. The van der Waals surface area contributed by atoms with E-state index in [1.165, 1.54) is 62.6 Å². The zero-order chi connectivity index (χ0) is 15.4. The highest BCUT2D eigenvalue weighted by molar-refractivity contribution is 7.81. The van der Waals surface area contributed by atoms with Crippen LogP contribution in [0.3, 0.4) is 0 Å². The first-order valence-corrected chi connectivity index (χ1v) is 14.4. The summed E-state index contributed by atoms with van der Waals surface area (Å²) in [5.41, 5.74) is 0. The fourth-order valence-electron chi connectivity index (χ4n) is 1.95. The van der Waals surface area contributed by atoms with Gasteiger partial charge in [0.15, 0.2) is 0 Å². The molecule has 19 heavy (non-hydrogen) atoms. The summed E-state index contributed by atoms with van der Waals surface area (Å²) in [6.45, 7) is 11.0. The first kappa shape index (κ1) is 22.9. The van der Waals surface area contributed by atoms with Crippen LogP contribution in [0.5, 0.6) is 0 Å². The monoisotopic (exact) mass is 367 g/mol. The highest BCUT2D eigenvalue weighted by Gasteiger charge is 2.18. The van der Waals surface area contributed by atoms with Crippen molar-refractivity contribution < 1.29 is 4.48 Å². The maximum absolute atomic E-state index is 4.99. The molecule has 0 spiro atoms. The second-order valence-corrected chi connectivity index (χ2v) is 18.2. The summed E-state index contributed by atoms with van der Waals surface area (Å²) in [5, 5.41) is 0. The number of hydrogen-bond acceptors (Lipinski definition) is 0. The van der Waals surface area contributed by atoms with E-state index in [9.17, 15) is 0 Å². The van der Waals surface area contributed by atoms with E-state index >= 15 is 0 Å². The highest BCUT2D eigenvalue weighted by atomic mass is 35.9. The molecule has 0 N–H and O–H groups in total. The zero-order valence-corrected chi connectivity index (χ0v) is 17.1. The molecule has 0 amide bonds. The Morgan fingerprint density at radius 1 is 0.684 bits per heavy atom. The Kier molecular flexibility index (Phi) is 16.1. The van der Waals surface area contributed by atoms with Gasteiger partial charge in [-0.1, -0.05) is 40.0 Å². The van der Waals surface area contributed by atoms with Crippen LogP contribution in [-0.4, -0.2) is 40.6 Å². The van der Waals surface area contributed by atoms with Gasteiger partial charge in [-0.3, -0.25) is 0 Å². The van der Waals surface area contributed by atoms with Crippen LogP contribution < -0.4 is 0 Å². The molecule has 0 aliphatic rings. The second kappa shape index (κ2) is 13.3. The molecule has 0 aromatic rings. The minimum absolute atomic E-state index is 1.32. The topological polar surface area (TPSA) is 0 Å². The van der Waals surface area contributed by atoms with Crippen molar-refractivity contribution in [3.63, 3.8) is 0 Å². The third-order valence-electron chi connectivity index (χ3n) is 3.15. The van der Waals surface area contributed by atoms with Crippen molar-refractivity contribution in [2.24, 2.45) is 0 Å². The first-order chi connectivity index (χ1) is 8.68. The summed E-state index contributed by atoms with van der Waals surface area (Å²) in [7, 11) is 19.5. The van der Waals surface area contributed by atoms with Crippen LogP contribution in [0.2, 0.25) is 0 Å². The van der Waals surface area contributed by atoms with Crippen molar-refractivity contribution in [2.75, 3.05) is 26.7 Å². The summed E-state index contributed by atoms with van der Waals surface area (Å²) < 4.78 is 1.32. The average Bonchev–Trinajstić information content (AvgIpc) is 2.30. The van der Waals surface area contributed by atoms with Gasteiger partial charge >= 0.3 is 9.39 Å². The molecular formula is C13H30AlCl4N. The van der Waals surface area contributed by atoms with Crippen LogP contribution in [0.25, 0.3) is 0 Å². The lowest BCUT2D eigenvalue weighted by atomic mass is 10.2. The molecule has 0 rings (SSSR count). The van der Waals surface area contributed by atoms with E-state index in [4.69, 9.17) is 40.2 Å². The van der Waals surface area contributed by atoms with Gasteiger partial charge in [-0.05, 0) is 19.3 Å². The van der Waals surface area contributed by atoms with Gasteiger partial charge in [0.2, 0.25) is 0 Å². The van der Waals surface area contributed by atoms with Crippen molar-refractivity contribution in [2.45, 2.75) is 59.3 Å². The van der Waals surface area contributed by atoms with Gasteiger partial charge in [0.25, 0.3) is 0 Å². The predicted molar refractivity (Wildman–Crippen MR) is 94.7 cm³/mol. The Bertz CT molecular complexity index is 170. The number of quaternary nitrogens is 1. The van der Waals surface area contributed by atoms with Gasteiger partial charge in [0.1, 0.15) is 0 Å². The van der Waals surface area contributed by atoms with E-state index < -0.39 is 9.39 Å². The summed E-state index contributed by atoms with van der Waals surface area (Å²) >= 11 is 0. The van der Waals surface area contributed by atoms with Gasteiger partial charge in [-0.25, -0.2) is 0 Å². The number of unbranched alkanes of at least 4 members (excludes halogenated alkanes) is 3. The van der Waals surface area contributed by atoms with Gasteiger partial charge in [0.05, 0.1) is 26.7 Å². The van der Waals surface area contributed by atoms with E-state index in [1.54, 1.807) is 0 Å². The minimum atomic E-state index is -2.94. The Hall–Kier alpha value is 1.65. The van der Waals surface area contributed by atoms with Crippen LogP contribution in [-0.2, 0) is 0 Å². The van der Waals surface area contributed by atoms with E-state index in [2.05, 4.69) is 27.8 Å². The molecule has 0 atom stereocenters. The quantitative estimate of drug-likeness (QED) is 0.335. The molecule has 0 fully saturated rings. The summed E-state index contributed by atoms with van der Waals surface area (Å²) in [4.78, 5) is 0. The lowest BCUT2D eigenvalue weighted by molar-refractivity contribution is -0.910. The third kappa shape index (κ3) is 22.1. The van der Waals surface area contributed by atoms with E-state index in [0.717, 1.165) is 0 Å². The lowest BCUT2D eigenvalue weighted by Gasteiger charge is -2.34. The Morgan fingerprint density at radius 3 is 1.05 bits per heavy atom. The molecule has 0 radical (unpaired) electrons. The maximum atomic E-state index is 4.99. The molecule has 0 heterocycles. The van der Waals surface area contributed by atoms with E-state index in [1.807, 2.05) is 0 Å². The van der Waals surface area contributed by atoms with Crippen LogP contribution in [0.4, 0.5) is 0 Å². The smallest absolute Gasteiger partial charge is 0.391 e. The van der Waals surface area contributed by atoms with Crippen LogP contribution >= 0.6 is 40.2 Å². The number of nitrogens with zero attached hydrogens (tertiary/aromatic N) is 1. The summed E-state index contributed by atoms with van der Waals surface area (Å²) in [6, 6.07) is 0. The molecule has 0 saturated carbocycles. The van der Waals surface area contributed by atoms with E-state index in [0.29, 0.717) is 0 Å². The number of hydrogen-bond donors (Lipinski definition) is 0. The largest absolute Gasteiger partial charge is 0.564 e. The van der Waals surface area contributed by atoms with Gasteiger partial charge in [0, 0.05) is 0 Å². The van der Waals surface area contributed by atoms with Gasteiger partial charge in [-0.2, -0.15) is 0 Å². The normalized spacial score (nSPS) is 12.0. The van der Waals surface area contributed by atoms with Crippen molar-refractivity contribution in [1.29, 1.82) is 0 Å². The molecule has 0 aliphatic carbocycles. The highest BCUT2D eigenvalue weighted by Crippen LogP contribution is 2.23. The average molecular weight is 369 g/mol. The Labute approximate surface area is 139 Å². The molecule has 0 aromatic carbocycles. The van der Waals surface area contributed by atoms with Gasteiger partial charge < -0.3 is 44.7 Å². The number of rotatable bonds is 9. The second-order valence-electron chi connectivity index (χ2n) is 5.35. The summed E-state index contributed by atoms with van der Waals surface area (Å²) in [6.07, 6.45) is 8.20. The fraction of sp³-hybridized carbons (Fsp3) is 1.00. The third-order valence-corrected chi connectivity index (χ3v) is 3.15. The molecule has 0 unspecified atom stereocenters. The Morgan fingerprint density at radius 2 is 0.895 bits per heavy atom. The minimum Gasteiger partial charge on any atom is -0.391 e. The molecule has 0 bridgehead atoms. The molecule has 0 saturated heterocycles. The molecule has 1 nitrogen and oxygen atoms in total. The standard InChI is InChI=1S/C13H30N.Al.4ClH/c1-5-8-11-14(4,12-9-6-2)13-10-7-3;;;;;/h5-13H2,1-4H3;;4*1H/q+1;+3;;;;/p-4. The summed E-state index contributed by atoms with van der Waals surface area (Å²) in [5.74, 6) is 0. The molecule has 118 valence electrons. The van der Waals surface area contributed by atoms with Crippen molar-refractivity contribution >= 4 is 49.6 Å². The lowest BCUT2D eigenvalue weighted by Crippen LogP contribution is -2.46. The van der Waals surface area contributed by atoms with Crippen molar-refractivity contribution in [3.8, 4) is 0 Å². The Balaban J connectivity index is 0. The van der Waals surface area contributed by atoms with Gasteiger partial charge in [-0.15, -0.1) is 0 Å². The molecular weight excluding hydrogens is 339 g/mol. The van der Waals surface area contributed by atoms with Crippen LogP contribution in [0.15, 0.2) is 0 Å². The van der Waals surface area contributed by atoms with Crippen LogP contribution in [0.1, 0.15) is 59.3 Å². The maximum Gasteiger partial charge on any atom is 0.564 e. The van der Waals surface area contributed by atoms with E-state index in [-0.39, 0.29) is 0 Å². The molecule has 0 aliphatic heterocycles. The van der Waals surface area contributed by atoms with Crippen LogP contribution in [0, 0.1) is 0 Å². The predicted octanol–water partition coefficient (Wildman–Crippen LogP) is 6.21. The van der Waals surface area contributed by atoms with Crippen molar-refractivity contribution in [3.05, 3.63) is 0 Å². The zero-order valence-electron chi connectivity index (χ0n) is 12.9. The number of halogens is 4. The SMILES string of the molecule is CCCC[N+](C)(CCCC)CCCC.[Cl][Al-]([Cl])([Cl])[Cl]. The first-order valence-electron chi connectivity index (χ1n) is 7.39.